The molecule has 0 bridgehead atoms. The minimum Gasteiger partial charge on any atom is -0.296 e. The minimum absolute atomic E-state index is 0. The van der Waals surface area contributed by atoms with Crippen LogP contribution in [0.5, 0.6) is 0 Å². The van der Waals surface area contributed by atoms with Crippen LogP contribution in [0.3, 0.4) is 0 Å². The average molecular weight is 903 g/mol. The molecule has 0 amide bonds. The first-order valence-corrected chi connectivity index (χ1v) is 25.9. The zero-order valence-electron chi connectivity index (χ0n) is 41.8. The first-order valence-electron chi connectivity index (χ1n) is 24.3. The van der Waals surface area contributed by atoms with Crippen LogP contribution in [0.2, 0.25) is 0 Å². The Morgan fingerprint density at radius 3 is 1.34 bits per heavy atom. The van der Waals surface area contributed by atoms with Crippen LogP contribution in [0.1, 0.15) is 147 Å². The molecule has 6 heteroatoms. The zero-order valence-corrected chi connectivity index (χ0v) is 43.4. The van der Waals surface area contributed by atoms with E-state index in [0.717, 1.165) is 32.7 Å². The Kier molecular flexibility index (Phi) is 20.3. The summed E-state index contributed by atoms with van der Waals surface area (Å²) in [5.74, 6) is 0. The Morgan fingerprint density at radius 1 is 0.422 bits per heavy atom. The molecule has 0 fully saturated rings. The first-order chi connectivity index (χ1) is 30.2. The van der Waals surface area contributed by atoms with E-state index in [1.165, 1.54) is 75.8 Å². The standard InChI is InChI=1S/2C15H19NS.C12H17N.C11H15N.2C2H6.CH4/c1-15(2,3)16-9-8-14-12(10-16)11-6-4-5-7-13(11)17-14;1-15(2,3)16-9-8-12-11-6-4-5-7-13(11)17-14(12)10-16;1-10(2)13-8-7-11-5-3-4-6-12(11)9-13;1-9(2)12-7-10-5-3-4-6-11(10)8-12;2*1-2;/h2*4-7H,8-10H2,1-3H3;3-6,10H,7-9H2,1-2H3;3-6,9H,7-8H2,1-2H3;2*1-2H3;1H4. The van der Waals surface area contributed by atoms with Gasteiger partial charge in [0.15, 0.2) is 0 Å². The molecule has 4 nitrogen and oxygen atoms in total. The molecule has 4 aromatic carbocycles. The topological polar surface area (TPSA) is 13.0 Å². The van der Waals surface area contributed by atoms with E-state index in [9.17, 15) is 0 Å². The normalized spacial score (nSPS) is 16.1. The van der Waals surface area contributed by atoms with Gasteiger partial charge in [0.25, 0.3) is 0 Å². The van der Waals surface area contributed by atoms with Gasteiger partial charge in [0, 0.05) is 94.7 Å². The Bertz CT molecular complexity index is 2270. The van der Waals surface area contributed by atoms with E-state index in [4.69, 9.17) is 0 Å². The largest absolute Gasteiger partial charge is 0.296 e. The van der Waals surface area contributed by atoms with Gasteiger partial charge in [-0.15, -0.1) is 22.7 Å². The Hall–Kier alpha value is -3.36. The van der Waals surface area contributed by atoms with E-state index in [1.807, 2.05) is 50.4 Å². The molecule has 0 unspecified atom stereocenters. The summed E-state index contributed by atoms with van der Waals surface area (Å²) in [4.78, 5) is 13.4. The van der Waals surface area contributed by atoms with Crippen LogP contribution in [0.4, 0.5) is 0 Å². The van der Waals surface area contributed by atoms with Crippen molar-refractivity contribution in [3.8, 4) is 0 Å². The Labute approximate surface area is 399 Å². The highest BCUT2D eigenvalue weighted by atomic mass is 32.1. The second kappa shape index (κ2) is 24.4. The molecule has 0 aliphatic carbocycles. The van der Waals surface area contributed by atoms with Crippen molar-refractivity contribution >= 4 is 42.8 Å². The number of thiophene rings is 2. The fourth-order valence-corrected chi connectivity index (χ4v) is 11.4. The lowest BCUT2D eigenvalue weighted by molar-refractivity contribution is 0.122. The maximum atomic E-state index is 2.59. The maximum Gasteiger partial charge on any atom is 0.0349 e. The van der Waals surface area contributed by atoms with Crippen LogP contribution in [-0.2, 0) is 52.0 Å². The quantitative estimate of drug-likeness (QED) is 0.172. The fourth-order valence-electron chi connectivity index (χ4n) is 8.91. The van der Waals surface area contributed by atoms with Crippen molar-refractivity contribution in [3.63, 3.8) is 0 Å². The first kappa shape index (κ1) is 53.3. The van der Waals surface area contributed by atoms with Crippen molar-refractivity contribution < 1.29 is 0 Å². The molecule has 6 heterocycles. The van der Waals surface area contributed by atoms with Gasteiger partial charge in [-0.3, -0.25) is 19.6 Å². The second-order valence-electron chi connectivity index (χ2n) is 19.5. The molecular formula is C58H86N4S2. The second-order valence-corrected chi connectivity index (χ2v) is 21.8. The molecule has 64 heavy (non-hydrogen) atoms. The molecule has 10 rings (SSSR count). The van der Waals surface area contributed by atoms with E-state index >= 15 is 0 Å². The maximum absolute atomic E-state index is 2.59. The van der Waals surface area contributed by atoms with Gasteiger partial charge in [-0.2, -0.15) is 0 Å². The third-order valence-electron chi connectivity index (χ3n) is 12.9. The van der Waals surface area contributed by atoms with Crippen LogP contribution < -0.4 is 0 Å². The van der Waals surface area contributed by atoms with Gasteiger partial charge in [-0.25, -0.2) is 0 Å². The third-order valence-corrected chi connectivity index (χ3v) is 15.3. The molecule has 4 aliphatic rings. The van der Waals surface area contributed by atoms with Crippen molar-refractivity contribution in [1.82, 2.24) is 19.6 Å². The van der Waals surface area contributed by atoms with Gasteiger partial charge in [0.2, 0.25) is 0 Å². The van der Waals surface area contributed by atoms with Crippen molar-refractivity contribution in [2.45, 2.75) is 180 Å². The molecule has 0 saturated carbocycles. The summed E-state index contributed by atoms with van der Waals surface area (Å²) < 4.78 is 2.90. The summed E-state index contributed by atoms with van der Waals surface area (Å²) in [6.07, 6.45) is 3.64. The number of hydrogen-bond donors (Lipinski definition) is 0. The average Bonchev–Trinajstić information content (AvgIpc) is 4.01. The van der Waals surface area contributed by atoms with Crippen LogP contribution in [0, 0.1) is 0 Å². The smallest absolute Gasteiger partial charge is 0.0349 e. The van der Waals surface area contributed by atoms with Crippen molar-refractivity contribution in [2.24, 2.45) is 0 Å². The lowest BCUT2D eigenvalue weighted by Crippen LogP contribution is -2.43. The molecule has 0 spiro atoms. The lowest BCUT2D eigenvalue weighted by Gasteiger charge is -2.38. The molecule has 0 saturated heterocycles. The van der Waals surface area contributed by atoms with E-state index in [2.05, 4.69) is 186 Å². The van der Waals surface area contributed by atoms with Gasteiger partial charge in [-0.1, -0.05) is 120 Å². The predicted octanol–water partition coefficient (Wildman–Crippen LogP) is 15.7. The lowest BCUT2D eigenvalue weighted by atomic mass is 9.98. The monoisotopic (exact) mass is 903 g/mol. The molecule has 0 atom stereocenters. The minimum atomic E-state index is 0. The van der Waals surface area contributed by atoms with E-state index in [1.54, 1.807) is 26.4 Å². The highest BCUT2D eigenvalue weighted by molar-refractivity contribution is 7.19. The Morgan fingerprint density at radius 2 is 0.828 bits per heavy atom. The summed E-state index contributed by atoms with van der Waals surface area (Å²) in [6.45, 7) is 40.2. The van der Waals surface area contributed by atoms with Crippen LogP contribution in [0.15, 0.2) is 97.1 Å². The van der Waals surface area contributed by atoms with Crippen molar-refractivity contribution in [1.29, 1.82) is 0 Å². The number of benzene rings is 4. The summed E-state index contributed by atoms with van der Waals surface area (Å²) >= 11 is 3.96. The number of hydrogen-bond acceptors (Lipinski definition) is 6. The SMILES string of the molecule is C.CC.CC.CC(C)(C)N1CCc2c(sc3ccccc23)C1.CC(C)(C)N1CCc2sc3ccccc3c2C1.CC(C)N1CCc2ccccc2C1.CC(C)N1Cc2ccccc2C1. The highest BCUT2D eigenvalue weighted by Crippen LogP contribution is 2.38. The fraction of sp³-hybridized carbons (Fsp3) is 0.517. The predicted molar refractivity (Wildman–Crippen MR) is 287 cm³/mol. The van der Waals surface area contributed by atoms with Crippen molar-refractivity contribution in [2.75, 3.05) is 19.6 Å². The number of rotatable bonds is 2. The van der Waals surface area contributed by atoms with E-state index in [0.29, 0.717) is 12.1 Å². The van der Waals surface area contributed by atoms with Crippen molar-refractivity contribution in [3.05, 3.63) is 140 Å². The Balaban J connectivity index is 0.000000183. The van der Waals surface area contributed by atoms with Gasteiger partial charge in [-0.05, 0) is 145 Å². The zero-order chi connectivity index (χ0) is 45.9. The molecule has 2 aromatic heterocycles. The molecule has 350 valence electrons. The number of nitrogens with zero attached hydrogens (tertiary/aromatic N) is 4. The molecule has 6 aromatic rings. The molecular weight excluding hydrogens is 817 g/mol. The summed E-state index contributed by atoms with van der Waals surface area (Å²) in [7, 11) is 0. The summed E-state index contributed by atoms with van der Waals surface area (Å²) in [5, 5.41) is 2.96. The van der Waals surface area contributed by atoms with Crippen LogP contribution in [-0.4, -0.2) is 62.4 Å². The summed E-state index contributed by atoms with van der Waals surface area (Å²) in [6, 6.07) is 36.5. The van der Waals surface area contributed by atoms with Gasteiger partial charge >= 0.3 is 0 Å². The van der Waals surface area contributed by atoms with Gasteiger partial charge in [0.1, 0.15) is 0 Å². The van der Waals surface area contributed by atoms with E-state index in [-0.39, 0.29) is 18.5 Å². The summed E-state index contributed by atoms with van der Waals surface area (Å²) in [5.41, 5.74) is 9.81. The number of fused-ring (bicyclic) bond motifs is 8. The molecule has 0 radical (unpaired) electrons. The van der Waals surface area contributed by atoms with Gasteiger partial charge in [0.05, 0.1) is 0 Å². The molecule has 4 aliphatic heterocycles. The van der Waals surface area contributed by atoms with Gasteiger partial charge < -0.3 is 0 Å². The highest BCUT2D eigenvalue weighted by Gasteiger charge is 2.29. The molecule has 0 N–H and O–H groups in total. The van der Waals surface area contributed by atoms with Crippen LogP contribution >= 0.6 is 22.7 Å². The van der Waals surface area contributed by atoms with E-state index < -0.39 is 0 Å². The third kappa shape index (κ3) is 13.6. The van der Waals surface area contributed by atoms with Crippen LogP contribution in [0.25, 0.3) is 20.2 Å².